The summed E-state index contributed by atoms with van der Waals surface area (Å²) in [5, 5.41) is 5.08. The van der Waals surface area contributed by atoms with E-state index in [0.717, 1.165) is 20.2 Å². The van der Waals surface area contributed by atoms with E-state index in [2.05, 4.69) is 19.2 Å². The van der Waals surface area contributed by atoms with Gasteiger partial charge in [0.2, 0.25) is 5.91 Å². The average molecular weight is 350 g/mol. The summed E-state index contributed by atoms with van der Waals surface area (Å²) in [6.07, 6.45) is 0.500. The second-order valence-electron chi connectivity index (χ2n) is 6.05. The van der Waals surface area contributed by atoms with Gasteiger partial charge in [0.25, 0.3) is 0 Å². The molecule has 0 radical (unpaired) electrons. The van der Waals surface area contributed by atoms with Crippen LogP contribution in [0.25, 0.3) is 0 Å². The standard InChI is InChI=1S/C18H23NO2S2/c1-11(2)18(16-6-5-9-22-16)19-17(21)8-7-15(20)14-10-12(3)23-13(14)4/h5-6,9-11,18H,7-8H2,1-4H3,(H,19,21). The van der Waals surface area contributed by atoms with E-state index in [-0.39, 0.29) is 30.6 Å². The van der Waals surface area contributed by atoms with Crippen LogP contribution in [0.5, 0.6) is 0 Å². The van der Waals surface area contributed by atoms with E-state index in [9.17, 15) is 9.59 Å². The molecular weight excluding hydrogens is 326 g/mol. The van der Waals surface area contributed by atoms with Gasteiger partial charge in [-0.05, 0) is 37.3 Å². The number of ketones is 1. The SMILES string of the molecule is Cc1cc(C(=O)CCC(=O)NC(c2cccs2)C(C)C)c(C)s1. The lowest BCUT2D eigenvalue weighted by atomic mass is 10.0. The highest BCUT2D eigenvalue weighted by Crippen LogP contribution is 2.26. The van der Waals surface area contributed by atoms with Crippen molar-refractivity contribution in [3.63, 3.8) is 0 Å². The third kappa shape index (κ3) is 4.75. The molecule has 0 aliphatic rings. The Hall–Kier alpha value is -1.46. The zero-order valence-electron chi connectivity index (χ0n) is 14.0. The number of carbonyl (C=O) groups is 2. The molecule has 1 atom stereocenters. The molecule has 0 aliphatic heterocycles. The molecule has 0 aromatic carbocycles. The van der Waals surface area contributed by atoms with Crippen LogP contribution in [0.4, 0.5) is 0 Å². The van der Waals surface area contributed by atoms with Crippen LogP contribution in [0.3, 0.4) is 0 Å². The van der Waals surface area contributed by atoms with Gasteiger partial charge in [0.15, 0.2) is 5.78 Å². The molecule has 2 rings (SSSR count). The zero-order chi connectivity index (χ0) is 17.0. The first-order chi connectivity index (χ1) is 10.9. The van der Waals surface area contributed by atoms with Crippen LogP contribution >= 0.6 is 22.7 Å². The van der Waals surface area contributed by atoms with Gasteiger partial charge in [-0.1, -0.05) is 19.9 Å². The zero-order valence-corrected chi connectivity index (χ0v) is 15.6. The van der Waals surface area contributed by atoms with Crippen molar-refractivity contribution in [3.05, 3.63) is 43.8 Å². The highest BCUT2D eigenvalue weighted by molar-refractivity contribution is 7.12. The average Bonchev–Trinajstić information content (AvgIpc) is 3.11. The van der Waals surface area contributed by atoms with Crippen LogP contribution in [-0.2, 0) is 4.79 Å². The van der Waals surface area contributed by atoms with Gasteiger partial charge in [0, 0.05) is 33.0 Å². The van der Waals surface area contributed by atoms with Crippen LogP contribution in [0, 0.1) is 19.8 Å². The molecule has 23 heavy (non-hydrogen) atoms. The third-order valence-electron chi connectivity index (χ3n) is 3.75. The van der Waals surface area contributed by atoms with Gasteiger partial charge in [0.05, 0.1) is 6.04 Å². The van der Waals surface area contributed by atoms with Crippen LogP contribution in [-0.4, -0.2) is 11.7 Å². The number of aryl methyl sites for hydroxylation is 2. The minimum absolute atomic E-state index is 0.0164. The number of hydrogen-bond acceptors (Lipinski definition) is 4. The molecule has 5 heteroatoms. The molecule has 0 bridgehead atoms. The van der Waals surface area contributed by atoms with Crippen molar-refractivity contribution in [1.29, 1.82) is 0 Å². The summed E-state index contributed by atoms with van der Waals surface area (Å²) < 4.78 is 0. The van der Waals surface area contributed by atoms with Gasteiger partial charge < -0.3 is 5.32 Å². The smallest absolute Gasteiger partial charge is 0.220 e. The Morgan fingerprint density at radius 1 is 1.22 bits per heavy atom. The highest BCUT2D eigenvalue weighted by Gasteiger charge is 2.20. The van der Waals surface area contributed by atoms with Gasteiger partial charge in [0.1, 0.15) is 0 Å². The number of amides is 1. The highest BCUT2D eigenvalue weighted by atomic mass is 32.1. The minimum atomic E-state index is -0.0601. The summed E-state index contributed by atoms with van der Waals surface area (Å²) in [6.45, 7) is 8.13. The molecule has 0 fully saturated rings. The molecule has 0 saturated carbocycles. The fourth-order valence-corrected chi connectivity index (χ4v) is 4.44. The lowest BCUT2D eigenvalue weighted by Gasteiger charge is -2.21. The van der Waals surface area contributed by atoms with Crippen molar-refractivity contribution in [1.82, 2.24) is 5.32 Å². The second-order valence-corrected chi connectivity index (χ2v) is 8.49. The van der Waals surface area contributed by atoms with E-state index >= 15 is 0 Å². The van der Waals surface area contributed by atoms with E-state index in [0.29, 0.717) is 5.92 Å². The van der Waals surface area contributed by atoms with Crippen molar-refractivity contribution in [2.45, 2.75) is 46.6 Å². The quantitative estimate of drug-likeness (QED) is 0.722. The van der Waals surface area contributed by atoms with Crippen molar-refractivity contribution < 1.29 is 9.59 Å². The van der Waals surface area contributed by atoms with E-state index < -0.39 is 0 Å². The summed E-state index contributed by atoms with van der Waals surface area (Å²) in [6, 6.07) is 5.97. The number of carbonyl (C=O) groups excluding carboxylic acids is 2. The minimum Gasteiger partial charge on any atom is -0.348 e. The van der Waals surface area contributed by atoms with Crippen LogP contribution in [0.2, 0.25) is 0 Å². The predicted molar refractivity (Wildman–Crippen MR) is 97.4 cm³/mol. The molecule has 0 spiro atoms. The molecule has 3 nitrogen and oxygen atoms in total. The van der Waals surface area contributed by atoms with Gasteiger partial charge in [-0.15, -0.1) is 22.7 Å². The molecule has 1 N–H and O–H groups in total. The van der Waals surface area contributed by atoms with Crippen LogP contribution in [0.15, 0.2) is 23.6 Å². The lowest BCUT2D eigenvalue weighted by molar-refractivity contribution is -0.122. The Morgan fingerprint density at radius 2 is 1.96 bits per heavy atom. The van der Waals surface area contributed by atoms with E-state index in [1.165, 1.54) is 0 Å². The van der Waals surface area contributed by atoms with E-state index in [1.807, 2.05) is 37.4 Å². The van der Waals surface area contributed by atoms with Gasteiger partial charge in [-0.25, -0.2) is 0 Å². The molecule has 2 aromatic rings. The van der Waals surface area contributed by atoms with Gasteiger partial charge in [-0.2, -0.15) is 0 Å². The van der Waals surface area contributed by atoms with Crippen molar-refractivity contribution in [2.75, 3.05) is 0 Å². The number of hydrogen-bond donors (Lipinski definition) is 1. The first-order valence-corrected chi connectivity index (χ1v) is 9.51. The Kier molecular flexibility index (Phi) is 6.13. The fraction of sp³-hybridized carbons (Fsp3) is 0.444. The van der Waals surface area contributed by atoms with Gasteiger partial charge in [-0.3, -0.25) is 9.59 Å². The number of rotatable bonds is 7. The summed E-state index contributed by atoms with van der Waals surface area (Å²) in [4.78, 5) is 27.8. The Bertz CT molecular complexity index is 671. The topological polar surface area (TPSA) is 46.2 Å². The Labute approximate surface area is 145 Å². The summed E-state index contributed by atoms with van der Waals surface area (Å²) in [7, 11) is 0. The molecule has 2 aromatic heterocycles. The molecule has 2 heterocycles. The van der Waals surface area contributed by atoms with E-state index in [4.69, 9.17) is 0 Å². The largest absolute Gasteiger partial charge is 0.348 e. The van der Waals surface area contributed by atoms with Crippen LogP contribution in [0.1, 0.15) is 57.7 Å². The predicted octanol–water partition coefficient (Wildman–Crippen LogP) is 4.90. The van der Waals surface area contributed by atoms with Crippen LogP contribution < -0.4 is 5.32 Å². The maximum atomic E-state index is 12.3. The molecule has 1 unspecified atom stereocenters. The maximum Gasteiger partial charge on any atom is 0.220 e. The van der Waals surface area contributed by atoms with Crippen molar-refractivity contribution in [3.8, 4) is 0 Å². The Balaban J connectivity index is 1.91. The molecular formula is C18H23NO2S2. The number of nitrogens with one attached hydrogen (secondary N) is 1. The first-order valence-electron chi connectivity index (χ1n) is 7.81. The summed E-state index contributed by atoms with van der Waals surface area (Å²) >= 11 is 3.27. The second kappa shape index (κ2) is 7.88. The lowest BCUT2D eigenvalue weighted by Crippen LogP contribution is -2.31. The van der Waals surface area contributed by atoms with Crippen molar-refractivity contribution in [2.24, 2.45) is 5.92 Å². The molecule has 0 saturated heterocycles. The fourth-order valence-electron chi connectivity index (χ4n) is 2.55. The monoisotopic (exact) mass is 349 g/mol. The van der Waals surface area contributed by atoms with Gasteiger partial charge >= 0.3 is 0 Å². The number of Topliss-reactive ketones (excluding diaryl/α,β-unsaturated/α-hetero) is 1. The molecule has 1 amide bonds. The maximum absolute atomic E-state index is 12.3. The summed E-state index contributed by atoms with van der Waals surface area (Å²) in [5.41, 5.74) is 0.763. The van der Waals surface area contributed by atoms with Crippen molar-refractivity contribution >= 4 is 34.4 Å². The van der Waals surface area contributed by atoms with E-state index in [1.54, 1.807) is 22.7 Å². The molecule has 0 aliphatic carbocycles. The first kappa shape index (κ1) is 17.9. The Morgan fingerprint density at radius 3 is 2.48 bits per heavy atom. The normalized spacial score (nSPS) is 12.4. The molecule has 124 valence electrons. The number of thiophene rings is 2. The summed E-state index contributed by atoms with van der Waals surface area (Å²) in [5.74, 6) is 0.310. The third-order valence-corrected chi connectivity index (χ3v) is 5.67.